The van der Waals surface area contributed by atoms with Gasteiger partial charge in [0.15, 0.2) is 0 Å². The van der Waals surface area contributed by atoms with Crippen LogP contribution in [-0.2, 0) is 6.54 Å². The van der Waals surface area contributed by atoms with Crippen molar-refractivity contribution in [2.45, 2.75) is 6.54 Å². The number of carbonyl (C=O) groups is 1. The predicted molar refractivity (Wildman–Crippen MR) is 81.8 cm³/mol. The quantitative estimate of drug-likeness (QED) is 0.871. The van der Waals surface area contributed by atoms with Gasteiger partial charge in [-0.15, -0.1) is 0 Å². The van der Waals surface area contributed by atoms with E-state index in [2.05, 4.69) is 9.88 Å². The lowest BCUT2D eigenvalue weighted by Crippen LogP contribution is -2.48. The third kappa shape index (κ3) is 3.31. The first-order valence-electron chi connectivity index (χ1n) is 7.40. The van der Waals surface area contributed by atoms with Crippen LogP contribution in [0.25, 0.3) is 0 Å². The largest absolute Gasteiger partial charge is 0.335 e. The molecule has 0 spiro atoms. The molecule has 5 heteroatoms. The fraction of sp³-hybridized carbons (Fsp3) is 0.294. The predicted octanol–water partition coefficient (Wildman–Crippen LogP) is 2.18. The van der Waals surface area contributed by atoms with E-state index in [0.717, 1.165) is 13.1 Å². The second kappa shape index (κ2) is 6.66. The number of pyridine rings is 1. The van der Waals surface area contributed by atoms with E-state index >= 15 is 0 Å². The Kier molecular flexibility index (Phi) is 4.44. The van der Waals surface area contributed by atoms with Crippen LogP contribution in [0.3, 0.4) is 0 Å². The first-order chi connectivity index (χ1) is 10.7. The van der Waals surface area contributed by atoms with Crippen molar-refractivity contribution in [3.05, 3.63) is 65.7 Å². The molecule has 0 unspecified atom stereocenters. The van der Waals surface area contributed by atoms with Crippen molar-refractivity contribution in [1.29, 1.82) is 0 Å². The summed E-state index contributed by atoms with van der Waals surface area (Å²) in [7, 11) is 0. The molecule has 1 aromatic carbocycles. The van der Waals surface area contributed by atoms with Crippen LogP contribution in [0.5, 0.6) is 0 Å². The number of aromatic nitrogens is 1. The molecular weight excluding hydrogens is 281 g/mol. The third-order valence-electron chi connectivity index (χ3n) is 3.90. The van der Waals surface area contributed by atoms with E-state index in [1.54, 1.807) is 35.4 Å². The highest BCUT2D eigenvalue weighted by molar-refractivity contribution is 5.92. The smallest absolute Gasteiger partial charge is 0.272 e. The zero-order chi connectivity index (χ0) is 15.4. The van der Waals surface area contributed by atoms with E-state index in [4.69, 9.17) is 0 Å². The van der Waals surface area contributed by atoms with Crippen molar-refractivity contribution < 1.29 is 9.18 Å². The molecule has 0 atom stereocenters. The lowest BCUT2D eigenvalue weighted by Gasteiger charge is -2.34. The summed E-state index contributed by atoms with van der Waals surface area (Å²) in [6.07, 6.45) is 1.63. The van der Waals surface area contributed by atoms with Gasteiger partial charge in [0.25, 0.3) is 5.91 Å². The molecule has 114 valence electrons. The Morgan fingerprint density at radius 1 is 1.05 bits per heavy atom. The molecule has 0 N–H and O–H groups in total. The Hall–Kier alpha value is -2.27. The number of amides is 1. The van der Waals surface area contributed by atoms with Gasteiger partial charge in [0.05, 0.1) is 0 Å². The number of hydrogen-bond donors (Lipinski definition) is 0. The maximum atomic E-state index is 13.7. The van der Waals surface area contributed by atoms with Crippen molar-refractivity contribution in [2.24, 2.45) is 0 Å². The van der Waals surface area contributed by atoms with Crippen LogP contribution in [0.4, 0.5) is 4.39 Å². The van der Waals surface area contributed by atoms with Gasteiger partial charge in [-0.2, -0.15) is 0 Å². The van der Waals surface area contributed by atoms with Crippen LogP contribution >= 0.6 is 0 Å². The number of benzene rings is 1. The Morgan fingerprint density at radius 2 is 1.77 bits per heavy atom. The number of halogens is 1. The Balaban J connectivity index is 1.57. The van der Waals surface area contributed by atoms with Gasteiger partial charge in [-0.3, -0.25) is 14.7 Å². The van der Waals surface area contributed by atoms with Crippen LogP contribution in [0.2, 0.25) is 0 Å². The minimum Gasteiger partial charge on any atom is -0.335 e. The Labute approximate surface area is 129 Å². The fourth-order valence-corrected chi connectivity index (χ4v) is 2.63. The molecule has 1 aromatic heterocycles. The van der Waals surface area contributed by atoms with Crippen molar-refractivity contribution in [1.82, 2.24) is 14.8 Å². The third-order valence-corrected chi connectivity index (χ3v) is 3.90. The van der Waals surface area contributed by atoms with Crippen LogP contribution < -0.4 is 0 Å². The summed E-state index contributed by atoms with van der Waals surface area (Å²) in [5.74, 6) is -0.208. The average Bonchev–Trinajstić information content (AvgIpc) is 2.58. The van der Waals surface area contributed by atoms with Crippen molar-refractivity contribution in [2.75, 3.05) is 26.2 Å². The van der Waals surface area contributed by atoms with Gasteiger partial charge in [0.2, 0.25) is 0 Å². The van der Waals surface area contributed by atoms with Crippen molar-refractivity contribution in [3.8, 4) is 0 Å². The van der Waals surface area contributed by atoms with Crippen LogP contribution in [0.15, 0.2) is 48.7 Å². The standard InChI is InChI=1S/C17H18FN3O/c18-15-6-2-1-5-14(15)13-20-9-11-21(12-10-20)17(22)16-7-3-4-8-19-16/h1-8H,9-13H2. The fourth-order valence-electron chi connectivity index (χ4n) is 2.63. The molecule has 1 aliphatic heterocycles. The summed E-state index contributed by atoms with van der Waals surface area (Å²) < 4.78 is 13.7. The van der Waals surface area contributed by atoms with E-state index < -0.39 is 0 Å². The number of piperazine rings is 1. The molecule has 4 nitrogen and oxygen atoms in total. The zero-order valence-electron chi connectivity index (χ0n) is 12.3. The lowest BCUT2D eigenvalue weighted by molar-refractivity contribution is 0.0621. The molecule has 0 radical (unpaired) electrons. The average molecular weight is 299 g/mol. The van der Waals surface area contributed by atoms with Gasteiger partial charge in [-0.1, -0.05) is 24.3 Å². The second-order valence-electron chi connectivity index (χ2n) is 5.37. The number of hydrogen-bond acceptors (Lipinski definition) is 3. The van der Waals surface area contributed by atoms with E-state index in [1.807, 2.05) is 12.1 Å². The summed E-state index contributed by atoms with van der Waals surface area (Å²) in [4.78, 5) is 20.4. The summed E-state index contributed by atoms with van der Waals surface area (Å²) in [5.41, 5.74) is 1.18. The maximum Gasteiger partial charge on any atom is 0.272 e. The van der Waals surface area contributed by atoms with Gasteiger partial charge in [0.1, 0.15) is 11.5 Å². The van der Waals surface area contributed by atoms with Crippen LogP contribution in [0.1, 0.15) is 16.1 Å². The SMILES string of the molecule is O=C(c1ccccn1)N1CCN(Cc2ccccc2F)CC1. The minimum absolute atomic E-state index is 0.0360. The first-order valence-corrected chi connectivity index (χ1v) is 7.40. The molecule has 1 saturated heterocycles. The molecule has 1 amide bonds. The summed E-state index contributed by atoms with van der Waals surface area (Å²) in [6, 6.07) is 12.2. The second-order valence-corrected chi connectivity index (χ2v) is 5.37. The summed E-state index contributed by atoms with van der Waals surface area (Å²) >= 11 is 0. The van der Waals surface area contributed by atoms with Gasteiger partial charge >= 0.3 is 0 Å². The molecule has 1 aliphatic rings. The molecular formula is C17H18FN3O. The Morgan fingerprint density at radius 3 is 2.45 bits per heavy atom. The van der Waals surface area contributed by atoms with Crippen molar-refractivity contribution >= 4 is 5.91 Å². The number of nitrogens with zero attached hydrogens (tertiary/aromatic N) is 3. The van der Waals surface area contributed by atoms with Crippen LogP contribution in [-0.4, -0.2) is 46.9 Å². The van der Waals surface area contributed by atoms with E-state index in [0.29, 0.717) is 30.9 Å². The zero-order valence-corrected chi connectivity index (χ0v) is 12.3. The minimum atomic E-state index is -0.172. The molecule has 3 rings (SSSR count). The van der Waals surface area contributed by atoms with Gasteiger partial charge in [-0.25, -0.2) is 4.39 Å². The molecule has 1 fully saturated rings. The summed E-state index contributed by atoms with van der Waals surface area (Å²) in [6.45, 7) is 3.35. The highest BCUT2D eigenvalue weighted by atomic mass is 19.1. The summed E-state index contributed by atoms with van der Waals surface area (Å²) in [5, 5.41) is 0. The van der Waals surface area contributed by atoms with Crippen LogP contribution in [0, 0.1) is 5.82 Å². The van der Waals surface area contributed by atoms with Gasteiger partial charge in [-0.05, 0) is 18.2 Å². The normalized spacial score (nSPS) is 15.8. The van der Waals surface area contributed by atoms with Gasteiger partial charge in [0, 0.05) is 44.5 Å². The van der Waals surface area contributed by atoms with E-state index in [-0.39, 0.29) is 11.7 Å². The van der Waals surface area contributed by atoms with Crippen molar-refractivity contribution in [3.63, 3.8) is 0 Å². The van der Waals surface area contributed by atoms with E-state index in [1.165, 1.54) is 6.07 Å². The Bertz CT molecular complexity index is 639. The highest BCUT2D eigenvalue weighted by Gasteiger charge is 2.23. The van der Waals surface area contributed by atoms with Gasteiger partial charge < -0.3 is 4.90 Å². The van der Waals surface area contributed by atoms with E-state index in [9.17, 15) is 9.18 Å². The topological polar surface area (TPSA) is 36.4 Å². The monoisotopic (exact) mass is 299 g/mol. The molecule has 22 heavy (non-hydrogen) atoms. The molecule has 0 aliphatic carbocycles. The molecule has 0 saturated carbocycles. The number of rotatable bonds is 3. The molecule has 2 heterocycles. The maximum absolute atomic E-state index is 13.7. The highest BCUT2D eigenvalue weighted by Crippen LogP contribution is 2.13. The molecule has 2 aromatic rings. The lowest BCUT2D eigenvalue weighted by atomic mass is 10.2. The molecule has 0 bridgehead atoms. The number of carbonyl (C=O) groups excluding carboxylic acids is 1. The first kappa shape index (κ1) is 14.7.